The third-order valence-corrected chi connectivity index (χ3v) is 5.02. The molecule has 0 bridgehead atoms. The van der Waals surface area contributed by atoms with E-state index in [1.165, 1.54) is 24.3 Å². The zero-order valence-corrected chi connectivity index (χ0v) is 17.9. The standard InChI is InChI=1S/C24H15ClN2O6/c1-14-2-6-16(7-3-14)23(28)32-18-9-4-15(5-10-18)12-21-24(29)33-22(26-21)19-13-17(27(30)31)8-11-20(19)25/h2-13H,1H3/b21-12-. The van der Waals surface area contributed by atoms with Crippen LogP contribution in [0.1, 0.15) is 27.0 Å². The third-order valence-electron chi connectivity index (χ3n) is 4.69. The first-order valence-electron chi connectivity index (χ1n) is 9.66. The number of aryl methyl sites for hydroxylation is 1. The van der Waals surface area contributed by atoms with Crippen molar-refractivity contribution in [3.05, 3.63) is 110 Å². The number of hydrogen-bond donors (Lipinski definition) is 0. The molecule has 3 aromatic rings. The molecule has 0 fully saturated rings. The average molecular weight is 463 g/mol. The van der Waals surface area contributed by atoms with E-state index in [-0.39, 0.29) is 27.9 Å². The number of ether oxygens (including phenoxy) is 2. The fourth-order valence-corrected chi connectivity index (χ4v) is 3.16. The Kier molecular flexibility index (Phi) is 6.01. The highest BCUT2D eigenvalue weighted by Crippen LogP contribution is 2.27. The summed E-state index contributed by atoms with van der Waals surface area (Å²) in [5.41, 5.74) is 2.00. The van der Waals surface area contributed by atoms with Gasteiger partial charge in [-0.2, -0.15) is 0 Å². The van der Waals surface area contributed by atoms with E-state index >= 15 is 0 Å². The molecule has 0 amide bonds. The van der Waals surface area contributed by atoms with Crippen LogP contribution in [0.15, 0.2) is 77.4 Å². The van der Waals surface area contributed by atoms with E-state index < -0.39 is 16.9 Å². The second-order valence-corrected chi connectivity index (χ2v) is 7.49. The molecule has 1 aliphatic heterocycles. The number of non-ortho nitro benzene ring substituents is 1. The largest absolute Gasteiger partial charge is 0.423 e. The molecule has 0 radical (unpaired) electrons. The van der Waals surface area contributed by atoms with Crippen molar-refractivity contribution in [2.45, 2.75) is 6.92 Å². The summed E-state index contributed by atoms with van der Waals surface area (Å²) in [6, 6.07) is 17.2. The van der Waals surface area contributed by atoms with Crippen molar-refractivity contribution >= 4 is 41.2 Å². The van der Waals surface area contributed by atoms with E-state index in [0.717, 1.165) is 5.56 Å². The number of nitrogens with zero attached hydrogens (tertiary/aromatic N) is 2. The van der Waals surface area contributed by atoms with Crippen LogP contribution in [0.3, 0.4) is 0 Å². The van der Waals surface area contributed by atoms with Gasteiger partial charge in [0.05, 0.1) is 21.1 Å². The molecule has 0 unspecified atom stereocenters. The molecule has 33 heavy (non-hydrogen) atoms. The summed E-state index contributed by atoms with van der Waals surface area (Å²) in [6.07, 6.45) is 1.48. The topological polar surface area (TPSA) is 108 Å². The van der Waals surface area contributed by atoms with Crippen molar-refractivity contribution in [1.82, 2.24) is 0 Å². The van der Waals surface area contributed by atoms with Crippen LogP contribution in [0.4, 0.5) is 5.69 Å². The van der Waals surface area contributed by atoms with Crippen molar-refractivity contribution in [1.29, 1.82) is 0 Å². The number of carbonyl (C=O) groups is 2. The Morgan fingerprint density at radius 1 is 1.09 bits per heavy atom. The summed E-state index contributed by atoms with van der Waals surface area (Å²) < 4.78 is 10.5. The van der Waals surface area contributed by atoms with E-state index in [2.05, 4.69) is 4.99 Å². The highest BCUT2D eigenvalue weighted by atomic mass is 35.5. The Labute approximate surface area is 192 Å². The number of cyclic esters (lactones) is 1. The number of hydrogen-bond acceptors (Lipinski definition) is 7. The van der Waals surface area contributed by atoms with Gasteiger partial charge < -0.3 is 9.47 Å². The Hall–Kier alpha value is -4.30. The van der Waals surface area contributed by atoms with E-state index in [9.17, 15) is 19.7 Å². The number of nitro groups is 1. The second kappa shape index (κ2) is 9.05. The van der Waals surface area contributed by atoms with Crippen LogP contribution in [-0.4, -0.2) is 22.8 Å². The molecule has 1 heterocycles. The number of carbonyl (C=O) groups excluding carboxylic acids is 2. The predicted octanol–water partition coefficient (Wildman–Crippen LogP) is 5.12. The van der Waals surface area contributed by atoms with Gasteiger partial charge in [-0.3, -0.25) is 10.1 Å². The summed E-state index contributed by atoms with van der Waals surface area (Å²) in [6.45, 7) is 1.92. The van der Waals surface area contributed by atoms with Crippen molar-refractivity contribution < 1.29 is 24.0 Å². The zero-order valence-electron chi connectivity index (χ0n) is 17.2. The van der Waals surface area contributed by atoms with Crippen LogP contribution < -0.4 is 4.74 Å². The van der Waals surface area contributed by atoms with Crippen molar-refractivity contribution in [2.24, 2.45) is 4.99 Å². The van der Waals surface area contributed by atoms with Gasteiger partial charge >= 0.3 is 11.9 Å². The Balaban J connectivity index is 1.52. The van der Waals surface area contributed by atoms with Crippen LogP contribution in [0.25, 0.3) is 6.08 Å². The molecular weight excluding hydrogens is 448 g/mol. The van der Waals surface area contributed by atoms with Crippen LogP contribution >= 0.6 is 11.6 Å². The molecule has 0 spiro atoms. The van der Waals surface area contributed by atoms with Gasteiger partial charge in [-0.05, 0) is 48.9 Å². The van der Waals surface area contributed by atoms with E-state index in [0.29, 0.717) is 16.9 Å². The van der Waals surface area contributed by atoms with Gasteiger partial charge in [-0.1, -0.05) is 41.4 Å². The summed E-state index contributed by atoms with van der Waals surface area (Å²) >= 11 is 6.09. The maximum atomic E-state index is 12.2. The van der Waals surface area contributed by atoms with Gasteiger partial charge in [-0.25, -0.2) is 14.6 Å². The zero-order chi connectivity index (χ0) is 23.5. The SMILES string of the molecule is Cc1ccc(C(=O)Oc2ccc(/C=C3\N=C(c4cc([N+](=O)[O-])ccc4Cl)OC3=O)cc2)cc1. The smallest absolute Gasteiger partial charge is 0.363 e. The molecule has 164 valence electrons. The predicted molar refractivity (Wildman–Crippen MR) is 121 cm³/mol. The highest BCUT2D eigenvalue weighted by molar-refractivity contribution is 6.34. The summed E-state index contributed by atoms with van der Waals surface area (Å²) in [5.74, 6) is -0.987. The quantitative estimate of drug-likeness (QED) is 0.171. The van der Waals surface area contributed by atoms with Crippen LogP contribution in [0, 0.1) is 17.0 Å². The van der Waals surface area contributed by atoms with E-state index in [1.807, 2.05) is 19.1 Å². The lowest BCUT2D eigenvalue weighted by atomic mass is 10.1. The fourth-order valence-electron chi connectivity index (χ4n) is 2.96. The minimum absolute atomic E-state index is 0.00280. The minimum atomic E-state index is -0.720. The van der Waals surface area contributed by atoms with Crippen molar-refractivity contribution in [2.75, 3.05) is 0 Å². The number of aliphatic imine (C=N–C) groups is 1. The summed E-state index contributed by atoms with van der Waals surface area (Å²) in [7, 11) is 0. The lowest BCUT2D eigenvalue weighted by Crippen LogP contribution is -2.08. The normalized spacial score (nSPS) is 14.1. The van der Waals surface area contributed by atoms with Gasteiger partial charge in [0.25, 0.3) is 5.69 Å². The number of rotatable bonds is 5. The molecule has 1 aliphatic rings. The molecule has 3 aromatic carbocycles. The van der Waals surface area contributed by atoms with Gasteiger partial charge in [0.1, 0.15) is 5.75 Å². The molecule has 9 heteroatoms. The summed E-state index contributed by atoms with van der Waals surface area (Å²) in [4.78, 5) is 39.0. The van der Waals surface area contributed by atoms with E-state index in [4.69, 9.17) is 21.1 Å². The maximum absolute atomic E-state index is 12.2. The lowest BCUT2D eigenvalue weighted by Gasteiger charge is -2.05. The molecule has 0 atom stereocenters. The number of halogens is 1. The maximum Gasteiger partial charge on any atom is 0.363 e. The molecule has 0 aliphatic carbocycles. The van der Waals surface area contributed by atoms with Gasteiger partial charge in [0.15, 0.2) is 5.70 Å². The fraction of sp³-hybridized carbons (Fsp3) is 0.0417. The van der Waals surface area contributed by atoms with Crippen molar-refractivity contribution in [3.63, 3.8) is 0 Å². The monoisotopic (exact) mass is 462 g/mol. The molecule has 4 rings (SSSR count). The Morgan fingerprint density at radius 3 is 2.45 bits per heavy atom. The average Bonchev–Trinajstić information content (AvgIpc) is 3.15. The van der Waals surface area contributed by atoms with Crippen LogP contribution in [-0.2, 0) is 9.53 Å². The van der Waals surface area contributed by atoms with Gasteiger partial charge in [0, 0.05) is 12.1 Å². The van der Waals surface area contributed by atoms with Crippen LogP contribution in [0.5, 0.6) is 5.75 Å². The van der Waals surface area contributed by atoms with Crippen molar-refractivity contribution in [3.8, 4) is 5.75 Å². The molecular formula is C24H15ClN2O6. The lowest BCUT2D eigenvalue weighted by molar-refractivity contribution is -0.384. The number of nitro benzene ring substituents is 1. The summed E-state index contributed by atoms with van der Waals surface area (Å²) in [5, 5.41) is 11.2. The second-order valence-electron chi connectivity index (χ2n) is 7.08. The van der Waals surface area contributed by atoms with Gasteiger partial charge in [0.2, 0.25) is 5.90 Å². The molecule has 8 nitrogen and oxygen atoms in total. The van der Waals surface area contributed by atoms with Gasteiger partial charge in [-0.15, -0.1) is 0 Å². The Bertz CT molecular complexity index is 1330. The van der Waals surface area contributed by atoms with Crippen LogP contribution in [0.2, 0.25) is 5.02 Å². The molecule has 0 aromatic heterocycles. The molecule has 0 saturated heterocycles. The highest BCUT2D eigenvalue weighted by Gasteiger charge is 2.27. The van der Waals surface area contributed by atoms with E-state index in [1.54, 1.807) is 36.4 Å². The number of esters is 2. The minimum Gasteiger partial charge on any atom is -0.423 e. The first-order chi connectivity index (χ1) is 15.8. The molecule has 0 saturated carbocycles. The Morgan fingerprint density at radius 2 is 1.79 bits per heavy atom. The number of benzene rings is 3. The first kappa shape index (κ1) is 21.9. The molecule has 0 N–H and O–H groups in total. The first-order valence-corrected chi connectivity index (χ1v) is 10.0. The third kappa shape index (κ3) is 4.97.